The fraction of sp³-hybridized carbons (Fsp3) is 0.174. The predicted octanol–water partition coefficient (Wildman–Crippen LogP) is 3.23. The molecule has 0 aliphatic heterocycles. The van der Waals surface area contributed by atoms with Crippen LogP contribution in [0.4, 0.5) is 11.6 Å². The number of aliphatic hydroxyl groups is 1. The van der Waals surface area contributed by atoms with Crippen LogP contribution in [0.25, 0.3) is 22.1 Å². The van der Waals surface area contributed by atoms with E-state index in [0.29, 0.717) is 16.7 Å². The summed E-state index contributed by atoms with van der Waals surface area (Å²) < 4.78 is 8.92. The number of nitrogens with zero attached hydrogens (tertiary/aromatic N) is 5. The zero-order chi connectivity index (χ0) is 25.4. The summed E-state index contributed by atoms with van der Waals surface area (Å²) in [5, 5.41) is 30.0. The van der Waals surface area contributed by atoms with Crippen LogP contribution in [0.2, 0.25) is 0 Å². The van der Waals surface area contributed by atoms with Gasteiger partial charge in [0, 0.05) is 16.9 Å². The van der Waals surface area contributed by atoms with Crippen molar-refractivity contribution >= 4 is 49.6 Å². The van der Waals surface area contributed by atoms with Gasteiger partial charge in [0.1, 0.15) is 18.5 Å². The third kappa shape index (κ3) is 4.41. The number of aromatic amines is 2. The van der Waals surface area contributed by atoms with E-state index in [0.717, 1.165) is 4.47 Å². The second-order valence-electron chi connectivity index (χ2n) is 8.00. The number of fused-ring (bicyclic) bond motifs is 2. The predicted molar refractivity (Wildman–Crippen MR) is 135 cm³/mol. The fourth-order valence-electron chi connectivity index (χ4n) is 3.78. The first-order valence-corrected chi connectivity index (χ1v) is 11.6. The van der Waals surface area contributed by atoms with Crippen molar-refractivity contribution < 1.29 is 14.9 Å². The maximum atomic E-state index is 12.7. The monoisotopic (exact) mass is 553 g/mol. The van der Waals surface area contributed by atoms with Crippen LogP contribution in [0.5, 0.6) is 11.6 Å². The van der Waals surface area contributed by atoms with Crippen LogP contribution < -0.4 is 16.0 Å². The van der Waals surface area contributed by atoms with Gasteiger partial charge in [0.25, 0.3) is 11.5 Å². The number of nitrogens with one attached hydrogen (secondary N) is 2. The number of rotatable bonds is 7. The Morgan fingerprint density at radius 2 is 1.92 bits per heavy atom. The summed E-state index contributed by atoms with van der Waals surface area (Å²) in [6.45, 7) is -0.189. The Morgan fingerprint density at radius 1 is 1.14 bits per heavy atom. The molecule has 4 N–H and O–H groups in total. The Morgan fingerprint density at radius 3 is 2.69 bits per heavy atom. The number of ether oxygens (including phenoxy) is 1. The number of halogens is 1. The normalized spacial score (nSPS) is 12.6. The summed E-state index contributed by atoms with van der Waals surface area (Å²) in [7, 11) is 1.46. The molecule has 3 aromatic heterocycles. The minimum Gasteiger partial charge on any atom is -0.493 e. The molecule has 0 amide bonds. The van der Waals surface area contributed by atoms with Gasteiger partial charge >= 0.3 is 5.69 Å². The molecule has 0 unspecified atom stereocenters. The summed E-state index contributed by atoms with van der Waals surface area (Å²) in [5.41, 5.74) is -0.411. The van der Waals surface area contributed by atoms with Crippen molar-refractivity contribution in [3.63, 3.8) is 0 Å². The quantitative estimate of drug-likeness (QED) is 0.226. The summed E-state index contributed by atoms with van der Waals surface area (Å²) >= 11 is 3.39. The lowest BCUT2D eigenvalue weighted by molar-refractivity contribution is 0.0937. The summed E-state index contributed by atoms with van der Waals surface area (Å²) in [6.07, 6.45) is -1.05. The van der Waals surface area contributed by atoms with Crippen molar-refractivity contribution in [2.45, 2.75) is 12.6 Å². The minimum absolute atomic E-state index is 0.0377. The number of aliphatic hydroxyl groups excluding tert-OH is 1. The average Bonchev–Trinajstić information content (AvgIpc) is 3.37. The molecule has 184 valence electrons. The molecule has 1 atom stereocenters. The Balaban J connectivity index is 1.55. The maximum absolute atomic E-state index is 12.7. The van der Waals surface area contributed by atoms with Gasteiger partial charge in [-0.3, -0.25) is 18.9 Å². The summed E-state index contributed by atoms with van der Waals surface area (Å²) in [5.74, 6) is 0.337. The standard InChI is InChI=1S/C23H20BrN7O5/c1-30-19-18(21(34)27-23(30)35)31(10-13(32)11-36-14-5-3-2-4-6-14)22(26-19)29-28-17-15-9-12(24)7-8-16(15)25-20(17)33/h2-9,13,25,32-33H,10-11H2,1H3,(H,27,34,35)/t13-/m1/s1. The van der Waals surface area contributed by atoms with Crippen LogP contribution in [-0.4, -0.2) is 47.0 Å². The number of aromatic nitrogens is 5. The van der Waals surface area contributed by atoms with Crippen LogP contribution in [0.15, 0.2) is 72.8 Å². The van der Waals surface area contributed by atoms with E-state index in [9.17, 15) is 19.8 Å². The molecule has 12 nitrogen and oxygen atoms in total. The molecule has 0 fully saturated rings. The molecule has 0 saturated carbocycles. The lowest BCUT2D eigenvalue weighted by Gasteiger charge is -2.14. The average molecular weight is 554 g/mol. The second kappa shape index (κ2) is 9.43. The van der Waals surface area contributed by atoms with Gasteiger partial charge in [0.15, 0.2) is 16.9 Å². The van der Waals surface area contributed by atoms with Gasteiger partial charge in [0.05, 0.1) is 12.1 Å². The molecular weight excluding hydrogens is 534 g/mol. The number of H-pyrrole nitrogens is 2. The fourth-order valence-corrected chi connectivity index (χ4v) is 4.14. The van der Waals surface area contributed by atoms with Crippen LogP contribution in [0.1, 0.15) is 0 Å². The molecule has 2 aromatic carbocycles. The Hall–Kier alpha value is -4.23. The van der Waals surface area contributed by atoms with Gasteiger partial charge in [0.2, 0.25) is 5.88 Å². The van der Waals surface area contributed by atoms with E-state index in [1.165, 1.54) is 16.2 Å². The van der Waals surface area contributed by atoms with E-state index in [2.05, 4.69) is 41.1 Å². The van der Waals surface area contributed by atoms with E-state index >= 15 is 0 Å². The molecule has 0 spiro atoms. The van der Waals surface area contributed by atoms with Crippen molar-refractivity contribution in [1.29, 1.82) is 0 Å². The lowest BCUT2D eigenvalue weighted by atomic mass is 10.2. The molecule has 5 rings (SSSR count). The van der Waals surface area contributed by atoms with Crippen molar-refractivity contribution in [2.75, 3.05) is 6.61 Å². The molecule has 0 saturated heterocycles. The number of para-hydroxylation sites is 1. The highest BCUT2D eigenvalue weighted by Gasteiger charge is 2.20. The third-order valence-corrected chi connectivity index (χ3v) is 6.01. The Kier molecular flexibility index (Phi) is 6.16. The highest BCUT2D eigenvalue weighted by molar-refractivity contribution is 9.10. The number of imidazole rings is 1. The van der Waals surface area contributed by atoms with Gasteiger partial charge < -0.3 is 19.9 Å². The number of benzene rings is 2. The SMILES string of the molecule is Cn1c(=O)[nH]c(=O)c2c1nc(N=Nc1c(O)[nH]c3ccc(Br)cc13)n2C[C@@H](O)COc1ccccc1. The summed E-state index contributed by atoms with van der Waals surface area (Å²) in [4.78, 5) is 34.2. The van der Waals surface area contributed by atoms with Crippen LogP contribution in [0, 0.1) is 0 Å². The van der Waals surface area contributed by atoms with Crippen LogP contribution in [0.3, 0.4) is 0 Å². The van der Waals surface area contributed by atoms with Gasteiger partial charge in [-0.1, -0.05) is 34.1 Å². The highest BCUT2D eigenvalue weighted by Crippen LogP contribution is 2.37. The topological polar surface area (TPSA) is 163 Å². The van der Waals surface area contributed by atoms with E-state index in [1.54, 1.807) is 24.3 Å². The van der Waals surface area contributed by atoms with Crippen molar-refractivity contribution in [3.05, 3.63) is 73.8 Å². The Bertz CT molecular complexity index is 1720. The molecule has 0 bridgehead atoms. The molecule has 36 heavy (non-hydrogen) atoms. The number of aryl methyl sites for hydroxylation is 1. The first-order valence-electron chi connectivity index (χ1n) is 10.8. The van der Waals surface area contributed by atoms with Crippen LogP contribution >= 0.6 is 15.9 Å². The molecule has 5 aromatic rings. The molecule has 3 heterocycles. The third-order valence-electron chi connectivity index (χ3n) is 5.52. The van der Waals surface area contributed by atoms with E-state index in [-0.39, 0.29) is 41.8 Å². The van der Waals surface area contributed by atoms with Gasteiger partial charge in [-0.2, -0.15) is 4.98 Å². The van der Waals surface area contributed by atoms with E-state index in [1.807, 2.05) is 24.3 Å². The smallest absolute Gasteiger partial charge is 0.329 e. The zero-order valence-corrected chi connectivity index (χ0v) is 20.4. The molecule has 0 aliphatic carbocycles. The lowest BCUT2D eigenvalue weighted by Crippen LogP contribution is -2.30. The zero-order valence-electron chi connectivity index (χ0n) is 18.8. The number of hydrogen-bond donors (Lipinski definition) is 4. The van der Waals surface area contributed by atoms with Crippen molar-refractivity contribution in [1.82, 2.24) is 24.1 Å². The van der Waals surface area contributed by atoms with E-state index in [4.69, 9.17) is 4.74 Å². The number of hydrogen-bond acceptors (Lipinski definition) is 8. The minimum atomic E-state index is -1.05. The molecule has 13 heteroatoms. The molecular formula is C23H20BrN7O5. The molecule has 0 aliphatic rings. The number of aromatic hydroxyl groups is 1. The Labute approximate surface area is 210 Å². The second-order valence-corrected chi connectivity index (χ2v) is 8.92. The van der Waals surface area contributed by atoms with Crippen molar-refractivity contribution in [2.24, 2.45) is 17.3 Å². The summed E-state index contributed by atoms with van der Waals surface area (Å²) in [6, 6.07) is 14.3. The maximum Gasteiger partial charge on any atom is 0.329 e. The first kappa shape index (κ1) is 23.5. The van der Waals surface area contributed by atoms with E-state index < -0.39 is 17.4 Å². The van der Waals surface area contributed by atoms with Gasteiger partial charge in [-0.25, -0.2) is 4.79 Å². The first-order chi connectivity index (χ1) is 17.3. The largest absolute Gasteiger partial charge is 0.493 e. The van der Waals surface area contributed by atoms with Gasteiger partial charge in [-0.15, -0.1) is 10.2 Å². The highest BCUT2D eigenvalue weighted by atomic mass is 79.9. The number of azo groups is 1. The van der Waals surface area contributed by atoms with Crippen LogP contribution in [-0.2, 0) is 13.6 Å². The van der Waals surface area contributed by atoms with Crippen molar-refractivity contribution in [3.8, 4) is 11.6 Å². The molecule has 0 radical (unpaired) electrons. The van der Waals surface area contributed by atoms with Gasteiger partial charge in [-0.05, 0) is 30.3 Å².